The molecule has 1 fully saturated rings. The van der Waals surface area contributed by atoms with Gasteiger partial charge in [-0.2, -0.15) is 0 Å². The summed E-state index contributed by atoms with van der Waals surface area (Å²) in [6.45, 7) is 0.418. The fourth-order valence-corrected chi connectivity index (χ4v) is 3.68. The summed E-state index contributed by atoms with van der Waals surface area (Å²) in [6, 6.07) is 9.06. The smallest absolute Gasteiger partial charge is 0.220 e. The van der Waals surface area contributed by atoms with Crippen molar-refractivity contribution in [1.29, 1.82) is 0 Å². The predicted octanol–water partition coefficient (Wildman–Crippen LogP) is -1.17. The van der Waals surface area contributed by atoms with Gasteiger partial charge in [-0.3, -0.25) is 4.79 Å². The van der Waals surface area contributed by atoms with Gasteiger partial charge in [0.05, 0.1) is 25.4 Å². The molecule has 1 amide bonds. The lowest BCUT2D eigenvalue weighted by Crippen LogP contribution is -2.60. The number of carbonyl (C=O) groups is 1. The summed E-state index contributed by atoms with van der Waals surface area (Å²) < 4.78 is 10.7. The molecule has 7 N–H and O–H groups in total. The van der Waals surface area contributed by atoms with E-state index < -0.39 is 55.6 Å². The second kappa shape index (κ2) is 13.9. The maximum Gasteiger partial charge on any atom is 0.220 e. The average Bonchev–Trinajstić information content (AvgIpc) is 2.81. The highest BCUT2D eigenvalue weighted by Gasteiger charge is 2.44. The van der Waals surface area contributed by atoms with Crippen molar-refractivity contribution in [2.45, 2.75) is 88.0 Å². The van der Waals surface area contributed by atoms with Crippen molar-refractivity contribution >= 4 is 5.91 Å². The van der Waals surface area contributed by atoms with Crippen molar-refractivity contribution in [3.05, 3.63) is 35.9 Å². The van der Waals surface area contributed by atoms with Crippen molar-refractivity contribution < 1.29 is 44.9 Å². The van der Waals surface area contributed by atoms with Crippen LogP contribution < -0.4 is 5.32 Å². The zero-order valence-corrected chi connectivity index (χ0v) is 18.9. The molecule has 0 saturated carbocycles. The van der Waals surface area contributed by atoms with Crippen LogP contribution in [0.1, 0.15) is 38.2 Å². The minimum atomic E-state index is -1.61. The van der Waals surface area contributed by atoms with Crippen molar-refractivity contribution in [2.75, 3.05) is 13.2 Å². The number of ether oxygens (including phenoxy) is 2. The first-order chi connectivity index (χ1) is 15.7. The Morgan fingerprint density at radius 1 is 1.06 bits per heavy atom. The standard InChI is InChI=1S/C23H37NO9/c1-14(26)19(28)16(13-32-23-22(31)21(30)20(29)17(12-25)33-23)24-18(27)11-7-3-6-10-15-8-4-2-5-9-15/h2,4-5,8-9,14,16-17,19-23,25-26,28-31H,3,6-7,10-13H2,1H3,(H,24,27)/t14-,16+,17?,19-,20?,21?,22?,23?/m1/s1. The van der Waals surface area contributed by atoms with Crippen LogP contribution in [0.4, 0.5) is 0 Å². The Morgan fingerprint density at radius 2 is 1.76 bits per heavy atom. The Kier molecular flexibility index (Phi) is 11.7. The van der Waals surface area contributed by atoms with Gasteiger partial charge in [-0.15, -0.1) is 0 Å². The molecule has 0 bridgehead atoms. The molecule has 1 aliphatic rings. The number of amides is 1. The van der Waals surface area contributed by atoms with Gasteiger partial charge in [0.2, 0.25) is 5.91 Å². The Labute approximate surface area is 193 Å². The van der Waals surface area contributed by atoms with Crippen LogP contribution in [-0.2, 0) is 20.7 Å². The van der Waals surface area contributed by atoms with Gasteiger partial charge in [-0.1, -0.05) is 36.8 Å². The Morgan fingerprint density at radius 3 is 2.39 bits per heavy atom. The first-order valence-electron chi connectivity index (χ1n) is 11.4. The molecule has 188 valence electrons. The Hall–Kier alpha value is -1.63. The number of unbranched alkanes of at least 4 members (excludes halogenated alkanes) is 2. The van der Waals surface area contributed by atoms with Crippen LogP contribution in [0, 0.1) is 0 Å². The maximum atomic E-state index is 12.4. The Bertz CT molecular complexity index is 688. The summed E-state index contributed by atoms with van der Waals surface area (Å²) in [5.74, 6) is -0.322. The summed E-state index contributed by atoms with van der Waals surface area (Å²) in [4.78, 5) is 12.4. The molecule has 0 aliphatic carbocycles. The lowest BCUT2D eigenvalue weighted by atomic mass is 9.99. The molecule has 1 saturated heterocycles. The van der Waals surface area contributed by atoms with Crippen LogP contribution in [0.2, 0.25) is 0 Å². The van der Waals surface area contributed by atoms with Crippen molar-refractivity contribution in [3.63, 3.8) is 0 Å². The summed E-state index contributed by atoms with van der Waals surface area (Å²) >= 11 is 0. The van der Waals surface area contributed by atoms with E-state index >= 15 is 0 Å². The number of rotatable bonds is 13. The highest BCUT2D eigenvalue weighted by Crippen LogP contribution is 2.22. The van der Waals surface area contributed by atoms with Gasteiger partial charge in [-0.25, -0.2) is 0 Å². The molecule has 5 unspecified atom stereocenters. The molecule has 0 spiro atoms. The van der Waals surface area contributed by atoms with E-state index in [9.17, 15) is 35.4 Å². The molecular formula is C23H37NO9. The number of nitrogens with one attached hydrogen (secondary N) is 1. The minimum absolute atomic E-state index is 0.234. The summed E-state index contributed by atoms with van der Waals surface area (Å²) in [5, 5.41) is 61.7. The van der Waals surface area contributed by atoms with Gasteiger partial charge < -0.3 is 45.4 Å². The number of aliphatic hydroxyl groups excluding tert-OH is 6. The molecule has 1 heterocycles. The average molecular weight is 472 g/mol. The van der Waals surface area contributed by atoms with Crippen LogP contribution in [-0.4, -0.2) is 98.7 Å². The predicted molar refractivity (Wildman–Crippen MR) is 118 cm³/mol. The van der Waals surface area contributed by atoms with Gasteiger partial charge >= 0.3 is 0 Å². The molecule has 10 heteroatoms. The van der Waals surface area contributed by atoms with E-state index in [1.807, 2.05) is 18.2 Å². The third-order valence-corrected chi connectivity index (χ3v) is 5.75. The highest BCUT2D eigenvalue weighted by atomic mass is 16.7. The van der Waals surface area contributed by atoms with E-state index in [0.717, 1.165) is 19.3 Å². The molecule has 1 aliphatic heterocycles. The SMILES string of the molecule is C[C@@H](O)[C@@H](O)[C@H](COC1OC(CO)C(O)C(O)C1O)NC(=O)CCCCCc1ccccc1. The third-order valence-electron chi connectivity index (χ3n) is 5.75. The maximum absolute atomic E-state index is 12.4. The van der Waals surface area contributed by atoms with Crippen molar-refractivity contribution in [2.24, 2.45) is 0 Å². The van der Waals surface area contributed by atoms with Gasteiger partial charge in [0.1, 0.15) is 30.5 Å². The van der Waals surface area contributed by atoms with E-state index in [4.69, 9.17) is 9.47 Å². The second-order valence-corrected chi connectivity index (χ2v) is 8.48. The second-order valence-electron chi connectivity index (χ2n) is 8.48. The normalized spacial score (nSPS) is 28.2. The molecule has 0 radical (unpaired) electrons. The number of aryl methyl sites for hydroxylation is 1. The minimum Gasteiger partial charge on any atom is -0.394 e. The monoisotopic (exact) mass is 471 g/mol. The molecule has 0 aromatic heterocycles. The molecule has 2 rings (SSSR count). The first kappa shape index (κ1) is 27.6. The third kappa shape index (κ3) is 8.58. The summed E-state index contributed by atoms with van der Waals surface area (Å²) in [5.41, 5.74) is 1.24. The van der Waals surface area contributed by atoms with Crippen molar-refractivity contribution in [1.82, 2.24) is 5.32 Å². The molecule has 33 heavy (non-hydrogen) atoms. The fourth-order valence-electron chi connectivity index (χ4n) is 3.68. The number of hydrogen-bond acceptors (Lipinski definition) is 9. The van der Waals surface area contributed by atoms with Gasteiger partial charge in [0.15, 0.2) is 6.29 Å². The number of hydrogen-bond donors (Lipinski definition) is 7. The lowest BCUT2D eigenvalue weighted by molar-refractivity contribution is -0.303. The van der Waals surface area contributed by atoms with E-state index in [0.29, 0.717) is 6.42 Å². The zero-order valence-electron chi connectivity index (χ0n) is 18.9. The Balaban J connectivity index is 1.81. The van der Waals surface area contributed by atoms with E-state index in [1.165, 1.54) is 12.5 Å². The van der Waals surface area contributed by atoms with Gasteiger partial charge in [-0.05, 0) is 31.7 Å². The molecular weight excluding hydrogens is 434 g/mol. The first-order valence-corrected chi connectivity index (χ1v) is 11.4. The lowest BCUT2D eigenvalue weighted by Gasteiger charge is -2.40. The number of aliphatic hydroxyl groups is 6. The number of carbonyl (C=O) groups excluding carboxylic acids is 1. The zero-order chi connectivity index (χ0) is 24.4. The van der Waals surface area contributed by atoms with Crippen LogP contribution in [0.5, 0.6) is 0 Å². The fraction of sp³-hybridized carbons (Fsp3) is 0.696. The molecule has 1 aromatic carbocycles. The van der Waals surface area contributed by atoms with Crippen LogP contribution in [0.15, 0.2) is 30.3 Å². The quantitative estimate of drug-likeness (QED) is 0.175. The van der Waals surface area contributed by atoms with Crippen LogP contribution >= 0.6 is 0 Å². The highest BCUT2D eigenvalue weighted by molar-refractivity contribution is 5.76. The molecule has 10 nitrogen and oxygen atoms in total. The van der Waals surface area contributed by atoms with Crippen molar-refractivity contribution in [3.8, 4) is 0 Å². The summed E-state index contributed by atoms with van der Waals surface area (Å²) in [7, 11) is 0. The van der Waals surface area contributed by atoms with Crippen LogP contribution in [0.25, 0.3) is 0 Å². The topological polar surface area (TPSA) is 169 Å². The number of benzene rings is 1. The van der Waals surface area contributed by atoms with Crippen LogP contribution in [0.3, 0.4) is 0 Å². The summed E-state index contributed by atoms with van der Waals surface area (Å²) in [6.07, 6.45) is -6.18. The largest absolute Gasteiger partial charge is 0.394 e. The van der Waals surface area contributed by atoms with Gasteiger partial charge in [0, 0.05) is 6.42 Å². The van der Waals surface area contributed by atoms with Gasteiger partial charge in [0.25, 0.3) is 0 Å². The van der Waals surface area contributed by atoms with E-state index in [-0.39, 0.29) is 18.9 Å². The van der Waals surface area contributed by atoms with E-state index in [2.05, 4.69) is 17.4 Å². The van der Waals surface area contributed by atoms with E-state index in [1.54, 1.807) is 0 Å². The molecule has 8 atom stereocenters. The molecule has 1 aromatic rings.